The molecule has 0 unspecified atom stereocenters. The molecule has 5 aromatic rings. The van der Waals surface area contributed by atoms with Crippen molar-refractivity contribution in [1.29, 1.82) is 0 Å². The lowest BCUT2D eigenvalue weighted by molar-refractivity contribution is -0.386. The zero-order valence-electron chi connectivity index (χ0n) is 37.6. The van der Waals surface area contributed by atoms with E-state index < -0.39 is 25.7 Å². The number of hydrogen-bond donors (Lipinski definition) is 2. The van der Waals surface area contributed by atoms with Gasteiger partial charge in [-0.15, -0.1) is 0 Å². The molecule has 1 amide bonds. The molecule has 5 heterocycles. The first-order chi connectivity index (χ1) is 31.7. The van der Waals surface area contributed by atoms with Gasteiger partial charge in [0.2, 0.25) is 0 Å². The normalized spacial score (nSPS) is 20.5. The fraction of sp³-hybridized carbons (Fsp3) is 0.429. The van der Waals surface area contributed by atoms with Crippen molar-refractivity contribution in [2.45, 2.75) is 63.9 Å². The van der Waals surface area contributed by atoms with Crippen molar-refractivity contribution in [2.24, 2.45) is 11.3 Å². The summed E-state index contributed by atoms with van der Waals surface area (Å²) in [5.74, 6) is -0.357. The maximum absolute atomic E-state index is 14.1. The highest BCUT2D eigenvalue weighted by molar-refractivity contribution is 7.90. The lowest BCUT2D eigenvalue weighted by atomic mass is 9.72. The zero-order valence-corrected chi connectivity index (χ0v) is 39.1. The first kappa shape index (κ1) is 45.6. The number of amides is 1. The van der Waals surface area contributed by atoms with Crippen molar-refractivity contribution in [1.82, 2.24) is 24.5 Å². The summed E-state index contributed by atoms with van der Waals surface area (Å²) in [4.78, 5) is 40.0. The Balaban J connectivity index is 0.924. The topological polar surface area (TPSA) is 172 Å². The Labute approximate surface area is 390 Å². The highest BCUT2D eigenvalue weighted by atomic mass is 35.5. The van der Waals surface area contributed by atoms with Gasteiger partial charge in [-0.05, 0) is 104 Å². The van der Waals surface area contributed by atoms with Gasteiger partial charge in [-0.25, -0.2) is 18.1 Å². The fourth-order valence-electron chi connectivity index (χ4n) is 9.67. The number of nitrogens with zero attached hydrogens (tertiary/aromatic N) is 5. The Morgan fingerprint density at radius 3 is 2.62 bits per heavy atom. The second-order valence-corrected chi connectivity index (χ2v) is 20.9. The van der Waals surface area contributed by atoms with Crippen molar-refractivity contribution in [3.05, 3.63) is 117 Å². The number of fused-ring (bicyclic) bond motifs is 2. The lowest BCUT2D eigenvalue weighted by Gasteiger charge is -2.39. The Morgan fingerprint density at radius 2 is 1.85 bits per heavy atom. The molecule has 2 saturated heterocycles. The predicted molar refractivity (Wildman–Crippen MR) is 254 cm³/mol. The van der Waals surface area contributed by atoms with E-state index in [1.54, 1.807) is 30.5 Å². The van der Waals surface area contributed by atoms with Crippen molar-refractivity contribution >= 4 is 55.5 Å². The molecule has 2 aromatic heterocycles. The largest absolute Gasteiger partial charge is 0.493 e. The van der Waals surface area contributed by atoms with Crippen molar-refractivity contribution in [3.63, 3.8) is 0 Å². The van der Waals surface area contributed by atoms with Gasteiger partial charge >= 0.3 is 0 Å². The smallest absolute Gasteiger partial charge is 0.277 e. The van der Waals surface area contributed by atoms with Gasteiger partial charge in [0.25, 0.3) is 21.6 Å². The minimum atomic E-state index is -4.63. The minimum Gasteiger partial charge on any atom is -0.493 e. The van der Waals surface area contributed by atoms with Crippen LogP contribution in [-0.2, 0) is 21.2 Å². The van der Waals surface area contributed by atoms with Crippen LogP contribution in [0.4, 0.5) is 11.4 Å². The maximum Gasteiger partial charge on any atom is 0.277 e. The molecule has 2 fully saturated rings. The molecule has 17 heteroatoms. The number of H-pyrrole nitrogens is 1. The van der Waals surface area contributed by atoms with Crippen LogP contribution in [0.1, 0.15) is 67.9 Å². The van der Waals surface area contributed by atoms with E-state index in [4.69, 9.17) is 25.8 Å². The highest BCUT2D eigenvalue weighted by Gasteiger charge is 2.34. The van der Waals surface area contributed by atoms with E-state index in [2.05, 4.69) is 55.4 Å². The number of anilines is 1. The van der Waals surface area contributed by atoms with Crippen LogP contribution in [0.15, 0.2) is 89.6 Å². The maximum atomic E-state index is 14.1. The molecule has 2 atom stereocenters. The summed E-state index contributed by atoms with van der Waals surface area (Å²) >= 11 is 6.25. The van der Waals surface area contributed by atoms with Crippen LogP contribution >= 0.6 is 11.6 Å². The number of aromatic nitrogens is 2. The summed E-state index contributed by atoms with van der Waals surface area (Å²) in [6, 6.07) is 19.2. The number of nitro groups is 1. The van der Waals surface area contributed by atoms with Crippen LogP contribution in [0.5, 0.6) is 17.2 Å². The fourth-order valence-corrected chi connectivity index (χ4v) is 10.8. The SMILES string of the molecule is C[C@@H]1CN(CC[C@@H]2COc3cc(S(=O)(=O)NC(=O)c4ccc(N5CCN(CC6=C(c7ccc(Cl)cc7)CC(C)(C)CC6)CC5)cc4Oc4cnc5[nH]ccc5c4)cc([N+](=O)[O-])c3C2)CCO1. The molecule has 3 aromatic carbocycles. The Kier molecular flexibility index (Phi) is 13.1. The van der Waals surface area contributed by atoms with E-state index in [1.165, 1.54) is 29.0 Å². The van der Waals surface area contributed by atoms with E-state index in [0.29, 0.717) is 30.0 Å². The molecule has 9 rings (SSSR count). The van der Waals surface area contributed by atoms with Crippen molar-refractivity contribution in [3.8, 4) is 17.2 Å². The number of nitrogens with one attached hydrogen (secondary N) is 2. The molecule has 66 heavy (non-hydrogen) atoms. The molecule has 2 N–H and O–H groups in total. The third-order valence-corrected chi connectivity index (χ3v) is 14.9. The number of hydrogen-bond acceptors (Lipinski definition) is 12. The number of piperazine rings is 1. The minimum absolute atomic E-state index is 0.0101. The number of ether oxygens (including phenoxy) is 3. The van der Waals surface area contributed by atoms with Crippen molar-refractivity contribution < 1.29 is 32.3 Å². The summed E-state index contributed by atoms with van der Waals surface area (Å²) in [7, 11) is -4.63. The van der Waals surface area contributed by atoms with Gasteiger partial charge in [0, 0.05) is 86.3 Å². The summed E-state index contributed by atoms with van der Waals surface area (Å²) in [6.45, 7) is 14.0. The molecular formula is C49H56ClN7O8S. The Bertz CT molecular complexity index is 2770. The van der Waals surface area contributed by atoms with E-state index in [1.807, 2.05) is 25.1 Å². The first-order valence-corrected chi connectivity index (χ1v) is 24.6. The van der Waals surface area contributed by atoms with Crippen LogP contribution in [-0.4, -0.2) is 111 Å². The number of aromatic amines is 1. The third kappa shape index (κ3) is 10.4. The number of carbonyl (C=O) groups is 1. The van der Waals surface area contributed by atoms with E-state index >= 15 is 0 Å². The average molecular weight is 939 g/mol. The molecule has 348 valence electrons. The van der Waals surface area contributed by atoms with Gasteiger partial charge in [-0.3, -0.25) is 24.7 Å². The van der Waals surface area contributed by atoms with Crippen LogP contribution in [0, 0.1) is 21.4 Å². The molecule has 0 spiro atoms. The predicted octanol–water partition coefficient (Wildman–Crippen LogP) is 8.48. The van der Waals surface area contributed by atoms with Gasteiger partial charge < -0.3 is 24.1 Å². The molecular weight excluding hydrogens is 882 g/mol. The average Bonchev–Trinajstić information content (AvgIpc) is 3.77. The second-order valence-electron chi connectivity index (χ2n) is 18.8. The molecule has 3 aliphatic heterocycles. The third-order valence-electron chi connectivity index (χ3n) is 13.4. The molecule has 0 bridgehead atoms. The number of nitro benzene ring substituents is 1. The van der Waals surface area contributed by atoms with Crippen LogP contribution in [0.25, 0.3) is 16.6 Å². The number of sulfonamides is 1. The zero-order chi connectivity index (χ0) is 46.2. The monoisotopic (exact) mass is 937 g/mol. The molecule has 0 saturated carbocycles. The van der Waals surface area contributed by atoms with Crippen LogP contribution in [0.3, 0.4) is 0 Å². The summed E-state index contributed by atoms with van der Waals surface area (Å²) in [5, 5.41) is 13.9. The number of allylic oxidation sites excluding steroid dienone is 1. The summed E-state index contributed by atoms with van der Waals surface area (Å²) in [6.07, 6.45) is 7.75. The quantitative estimate of drug-likeness (QED) is 0.0854. The number of rotatable bonds is 13. The number of carbonyl (C=O) groups excluding carboxylic acids is 1. The van der Waals surface area contributed by atoms with Gasteiger partial charge in [-0.1, -0.05) is 43.2 Å². The first-order valence-electron chi connectivity index (χ1n) is 22.7. The lowest BCUT2D eigenvalue weighted by Crippen LogP contribution is -2.47. The number of morpholine rings is 1. The summed E-state index contributed by atoms with van der Waals surface area (Å²) < 4.78 is 48.1. The van der Waals surface area contributed by atoms with Crippen LogP contribution in [0.2, 0.25) is 5.02 Å². The Morgan fingerprint density at radius 1 is 1.05 bits per heavy atom. The molecule has 4 aliphatic rings. The number of pyridine rings is 1. The van der Waals surface area contributed by atoms with Crippen LogP contribution < -0.4 is 19.1 Å². The van der Waals surface area contributed by atoms with Crippen molar-refractivity contribution in [2.75, 3.05) is 70.5 Å². The number of benzene rings is 3. The molecule has 15 nitrogen and oxygen atoms in total. The molecule has 0 radical (unpaired) electrons. The Hall–Kier alpha value is -5.52. The van der Waals surface area contributed by atoms with Gasteiger partial charge in [0.1, 0.15) is 22.9 Å². The molecule has 1 aliphatic carbocycles. The van der Waals surface area contributed by atoms with Gasteiger partial charge in [-0.2, -0.15) is 0 Å². The van der Waals surface area contributed by atoms with Gasteiger partial charge in [0.15, 0.2) is 0 Å². The van der Waals surface area contributed by atoms with Gasteiger partial charge in [0.05, 0.1) is 46.5 Å². The van der Waals surface area contributed by atoms with E-state index in [9.17, 15) is 23.3 Å². The standard InChI is InChI=1S/C49H56ClN7O8S/c1-32-29-54(20-21-63-32)15-12-33-22-42-44(57(59)60)25-40(26-45(42)64-31-33)66(61,62)53-48(58)41-9-8-38(24-46(41)65-39-23-35-11-14-51-47(35)52-28-39)56-18-16-55(17-19-56)30-36-10-13-49(2,3)27-43(36)34-4-6-37(50)7-5-34/h4-9,11,14,23-26,28,32-33H,10,12-13,15-22,27,29-31H2,1-3H3,(H,51,52)(H,53,58)/t32-,33+/m1/s1. The second kappa shape index (κ2) is 19.0. The highest BCUT2D eigenvalue weighted by Crippen LogP contribution is 2.44. The number of halogens is 1. The summed E-state index contributed by atoms with van der Waals surface area (Å²) in [5.41, 5.74) is 5.72. The van der Waals surface area contributed by atoms with E-state index in [0.717, 1.165) is 100 Å². The van der Waals surface area contributed by atoms with E-state index in [-0.39, 0.29) is 46.8 Å².